The quantitative estimate of drug-likeness (QED) is 0.262. The molecule has 0 aromatic heterocycles. The topological polar surface area (TPSA) is 35.5 Å². The molecule has 3 nitrogen and oxygen atoms in total. The van der Waals surface area contributed by atoms with E-state index in [-0.39, 0.29) is 0 Å². The fourth-order valence-electron chi connectivity index (χ4n) is 4.02. The molecule has 4 aromatic carbocycles. The Morgan fingerprint density at radius 3 is 2.31 bits per heavy atom. The van der Waals surface area contributed by atoms with E-state index >= 15 is 0 Å². The van der Waals surface area contributed by atoms with Crippen molar-refractivity contribution in [2.24, 2.45) is 0 Å². The van der Waals surface area contributed by atoms with Gasteiger partial charge in [-0.2, -0.15) is 0 Å². The molecule has 158 valence electrons. The molecule has 1 atom stereocenters. The number of hydrogen-bond donors (Lipinski definition) is 0. The molecule has 1 unspecified atom stereocenters. The summed E-state index contributed by atoms with van der Waals surface area (Å²) in [6.45, 7) is 4.24. The van der Waals surface area contributed by atoms with Gasteiger partial charge in [0.05, 0.1) is 10.6 Å². The minimum absolute atomic E-state index is 0.430. The molecule has 0 spiro atoms. The Hall–Kier alpha value is -3.55. The molecule has 0 amide bonds. The first kappa shape index (κ1) is 20.4. The maximum atomic E-state index is 14.2. The maximum absolute atomic E-state index is 14.2. The van der Waals surface area contributed by atoms with Crippen molar-refractivity contribution in [1.29, 1.82) is 0 Å². The predicted molar refractivity (Wildman–Crippen MR) is 130 cm³/mol. The summed E-state index contributed by atoms with van der Waals surface area (Å²) in [5.41, 5.74) is 4.04. The highest BCUT2D eigenvalue weighted by Gasteiger charge is 2.37. The average molecular weight is 438 g/mol. The van der Waals surface area contributed by atoms with Crippen molar-refractivity contribution < 1.29 is 13.8 Å². The summed E-state index contributed by atoms with van der Waals surface area (Å²) in [4.78, 5) is 0. The minimum atomic E-state index is -3.25. The van der Waals surface area contributed by atoms with Gasteiger partial charge in [-0.25, -0.2) is 0 Å². The minimum Gasteiger partial charge on any atom is -0.489 e. The van der Waals surface area contributed by atoms with Crippen molar-refractivity contribution in [3.8, 4) is 22.6 Å². The van der Waals surface area contributed by atoms with Crippen molar-refractivity contribution >= 4 is 18.0 Å². The Balaban J connectivity index is 1.42. The van der Waals surface area contributed by atoms with Crippen LogP contribution in [0.4, 0.5) is 0 Å². The van der Waals surface area contributed by atoms with Crippen LogP contribution in [0.1, 0.15) is 11.1 Å². The second kappa shape index (κ2) is 8.53. The zero-order valence-corrected chi connectivity index (χ0v) is 18.5. The Morgan fingerprint density at radius 1 is 0.812 bits per heavy atom. The van der Waals surface area contributed by atoms with E-state index in [1.165, 1.54) is 0 Å². The Bertz CT molecular complexity index is 1320. The number of ether oxygens (including phenoxy) is 1. The highest BCUT2D eigenvalue weighted by molar-refractivity contribution is 7.75. The normalized spacial score (nSPS) is 16.4. The molecule has 1 aliphatic heterocycles. The van der Waals surface area contributed by atoms with Gasteiger partial charge >= 0.3 is 7.37 Å². The summed E-state index contributed by atoms with van der Waals surface area (Å²) in [6.07, 6.45) is 2.63. The third-order valence-electron chi connectivity index (χ3n) is 5.63. The highest BCUT2D eigenvalue weighted by Crippen LogP contribution is 2.53. The zero-order chi connectivity index (χ0) is 22.0. The molecule has 32 heavy (non-hydrogen) atoms. The molecule has 4 aromatic rings. The molecular weight excluding hydrogens is 415 g/mol. The van der Waals surface area contributed by atoms with Gasteiger partial charge in [-0.05, 0) is 53.4 Å². The van der Waals surface area contributed by atoms with Crippen LogP contribution in [0, 0.1) is 0 Å². The van der Waals surface area contributed by atoms with E-state index in [1.807, 2.05) is 103 Å². The van der Waals surface area contributed by atoms with Crippen molar-refractivity contribution in [1.82, 2.24) is 0 Å². The van der Waals surface area contributed by atoms with Crippen LogP contribution >= 0.6 is 7.37 Å². The average Bonchev–Trinajstić information content (AvgIpc) is 2.84. The molecule has 0 saturated heterocycles. The van der Waals surface area contributed by atoms with Gasteiger partial charge < -0.3 is 9.26 Å². The van der Waals surface area contributed by atoms with Crippen molar-refractivity contribution in [3.63, 3.8) is 0 Å². The number of benzene rings is 4. The molecule has 5 rings (SSSR count). The number of fused-ring (bicyclic) bond motifs is 3. The first-order valence-corrected chi connectivity index (χ1v) is 12.2. The lowest BCUT2D eigenvalue weighted by Gasteiger charge is -2.28. The van der Waals surface area contributed by atoms with Gasteiger partial charge in [0.25, 0.3) is 0 Å². The van der Waals surface area contributed by atoms with Crippen LogP contribution in [0.2, 0.25) is 0 Å². The Kier molecular flexibility index (Phi) is 5.43. The van der Waals surface area contributed by atoms with Gasteiger partial charge in [0.1, 0.15) is 18.1 Å². The van der Waals surface area contributed by atoms with Crippen LogP contribution in [0.3, 0.4) is 0 Å². The molecule has 0 radical (unpaired) electrons. The van der Waals surface area contributed by atoms with Crippen LogP contribution in [0.5, 0.6) is 11.5 Å². The van der Waals surface area contributed by atoms with Gasteiger partial charge in [-0.1, -0.05) is 72.8 Å². The van der Waals surface area contributed by atoms with E-state index in [2.05, 4.69) is 6.58 Å². The summed E-state index contributed by atoms with van der Waals surface area (Å²) < 4.78 is 26.4. The van der Waals surface area contributed by atoms with Crippen LogP contribution in [0.15, 0.2) is 110 Å². The zero-order valence-electron chi connectivity index (χ0n) is 17.6. The van der Waals surface area contributed by atoms with Crippen molar-refractivity contribution in [2.75, 3.05) is 0 Å². The van der Waals surface area contributed by atoms with Gasteiger partial charge in [0, 0.05) is 5.56 Å². The van der Waals surface area contributed by atoms with E-state index in [4.69, 9.17) is 9.26 Å². The van der Waals surface area contributed by atoms with E-state index in [0.717, 1.165) is 39.7 Å². The summed E-state index contributed by atoms with van der Waals surface area (Å²) in [5, 5.41) is 1.41. The lowest BCUT2D eigenvalue weighted by Crippen LogP contribution is -2.25. The smallest absolute Gasteiger partial charge is 0.307 e. The van der Waals surface area contributed by atoms with E-state index < -0.39 is 7.37 Å². The third-order valence-corrected chi connectivity index (χ3v) is 8.09. The van der Waals surface area contributed by atoms with Crippen LogP contribution in [0.25, 0.3) is 11.1 Å². The van der Waals surface area contributed by atoms with E-state index in [9.17, 15) is 4.57 Å². The van der Waals surface area contributed by atoms with Crippen molar-refractivity contribution in [2.45, 2.75) is 13.0 Å². The maximum Gasteiger partial charge on any atom is 0.307 e. The molecule has 0 bridgehead atoms. The van der Waals surface area contributed by atoms with Gasteiger partial charge in [0.15, 0.2) is 0 Å². The second-order valence-corrected chi connectivity index (χ2v) is 10.00. The molecule has 1 heterocycles. The van der Waals surface area contributed by atoms with Gasteiger partial charge in [-0.3, -0.25) is 4.57 Å². The summed E-state index contributed by atoms with van der Waals surface area (Å²) in [5.74, 6) is 1.51. The van der Waals surface area contributed by atoms with E-state index in [0.29, 0.717) is 17.7 Å². The molecule has 0 fully saturated rings. The second-order valence-electron chi connectivity index (χ2n) is 7.71. The fourth-order valence-corrected chi connectivity index (χ4v) is 6.28. The molecule has 0 N–H and O–H groups in total. The van der Waals surface area contributed by atoms with Crippen LogP contribution < -0.4 is 19.9 Å². The number of para-hydroxylation sites is 2. The molecule has 1 aliphatic rings. The lowest BCUT2D eigenvalue weighted by atomic mass is 10.0. The lowest BCUT2D eigenvalue weighted by molar-refractivity contribution is 0.303. The largest absolute Gasteiger partial charge is 0.489 e. The molecule has 4 heteroatoms. The standard InChI is InChI=1S/C28H23O3P/c1-2-9-22-10-3-6-13-26(22)30-20-21-16-18-23(19-17-21)32(29)28-15-8-5-12-25(28)24-11-4-7-14-27(24)31-32/h2-8,10-19H,1,9,20H2. The summed E-state index contributed by atoms with van der Waals surface area (Å²) in [7, 11) is -3.25. The molecule has 0 aliphatic carbocycles. The first-order valence-electron chi connectivity index (χ1n) is 10.6. The summed E-state index contributed by atoms with van der Waals surface area (Å²) >= 11 is 0. The molecule has 0 saturated carbocycles. The Morgan fingerprint density at radius 2 is 1.50 bits per heavy atom. The first-order chi connectivity index (χ1) is 15.7. The molecular formula is C28H23O3P. The number of rotatable bonds is 6. The number of hydrogen-bond acceptors (Lipinski definition) is 3. The predicted octanol–water partition coefficient (Wildman–Crippen LogP) is 6.28. The van der Waals surface area contributed by atoms with Gasteiger partial charge in [0.2, 0.25) is 0 Å². The SMILES string of the molecule is C=CCc1ccccc1OCc1ccc(P2(=O)Oc3ccccc3-c3ccccc32)cc1. The third kappa shape index (κ3) is 3.66. The van der Waals surface area contributed by atoms with Crippen molar-refractivity contribution in [3.05, 3.63) is 121 Å². The number of allylic oxidation sites excluding steroid dienone is 1. The monoisotopic (exact) mass is 438 g/mol. The van der Waals surface area contributed by atoms with Crippen LogP contribution in [-0.2, 0) is 17.6 Å². The Labute approximate surface area is 188 Å². The summed E-state index contributed by atoms with van der Waals surface area (Å²) in [6, 6.07) is 31.2. The fraction of sp³-hybridized carbons (Fsp3) is 0.0714. The van der Waals surface area contributed by atoms with Crippen LogP contribution in [-0.4, -0.2) is 0 Å². The highest BCUT2D eigenvalue weighted by atomic mass is 31.2. The van der Waals surface area contributed by atoms with E-state index in [1.54, 1.807) is 0 Å². The van der Waals surface area contributed by atoms with Gasteiger partial charge in [-0.15, -0.1) is 6.58 Å².